The summed E-state index contributed by atoms with van der Waals surface area (Å²) in [5.74, 6) is 0.229. The van der Waals surface area contributed by atoms with Gasteiger partial charge in [0.1, 0.15) is 21.9 Å². The van der Waals surface area contributed by atoms with E-state index in [0.717, 1.165) is 37.2 Å². The van der Waals surface area contributed by atoms with Crippen molar-refractivity contribution in [2.75, 3.05) is 25.1 Å². The van der Waals surface area contributed by atoms with Crippen LogP contribution in [0.2, 0.25) is 10.0 Å². The lowest BCUT2D eigenvalue weighted by Gasteiger charge is -2.42. The van der Waals surface area contributed by atoms with Crippen LogP contribution < -0.4 is 10.6 Å². The number of esters is 1. The SMILES string of the molecule is COC(=O)c1c(N2CCC3(CC2)Cc2ccccc2[C@H]3N)[nH]c2ncc(Sc3cccc(Cl)c3Cl)nc12. The smallest absolute Gasteiger partial charge is 0.343 e. The number of ether oxygens (including phenoxy) is 1. The van der Waals surface area contributed by atoms with E-state index in [2.05, 4.69) is 39.1 Å². The molecular formula is C27H25Cl2N5O2S. The molecule has 2 aromatic carbocycles. The fraction of sp³-hybridized carbons (Fsp3) is 0.296. The first-order chi connectivity index (χ1) is 17.9. The quantitative estimate of drug-likeness (QED) is 0.297. The van der Waals surface area contributed by atoms with Gasteiger partial charge < -0.3 is 20.4 Å². The molecule has 1 aliphatic carbocycles. The van der Waals surface area contributed by atoms with Crippen LogP contribution in [-0.2, 0) is 11.2 Å². The van der Waals surface area contributed by atoms with Gasteiger partial charge in [0.15, 0.2) is 5.65 Å². The van der Waals surface area contributed by atoms with E-state index in [1.165, 1.54) is 30.0 Å². The van der Waals surface area contributed by atoms with Crippen LogP contribution in [-0.4, -0.2) is 41.1 Å². The molecule has 6 rings (SSSR count). The minimum absolute atomic E-state index is 0.0230. The molecule has 1 aliphatic heterocycles. The number of H-pyrrole nitrogens is 1. The average molecular weight is 555 g/mol. The third-order valence-corrected chi connectivity index (χ3v) is 9.55. The lowest BCUT2D eigenvalue weighted by Crippen LogP contribution is -2.44. The van der Waals surface area contributed by atoms with Gasteiger partial charge in [-0.15, -0.1) is 0 Å². The number of methoxy groups -OCH3 is 1. The molecule has 2 aromatic heterocycles. The third kappa shape index (κ3) is 4.16. The molecule has 3 heterocycles. The van der Waals surface area contributed by atoms with Crippen molar-refractivity contribution in [1.29, 1.82) is 0 Å². The first-order valence-corrected chi connectivity index (χ1v) is 13.6. The zero-order chi connectivity index (χ0) is 25.7. The fourth-order valence-electron chi connectivity index (χ4n) is 5.66. The molecule has 1 fully saturated rings. The molecule has 3 N–H and O–H groups in total. The van der Waals surface area contributed by atoms with E-state index in [-0.39, 0.29) is 11.5 Å². The van der Waals surface area contributed by atoms with Crippen LogP contribution in [0.5, 0.6) is 0 Å². The van der Waals surface area contributed by atoms with Crippen LogP contribution in [0.3, 0.4) is 0 Å². The van der Waals surface area contributed by atoms with Gasteiger partial charge in [-0.3, -0.25) is 0 Å². The highest BCUT2D eigenvalue weighted by molar-refractivity contribution is 7.99. The van der Waals surface area contributed by atoms with Gasteiger partial charge in [0, 0.05) is 24.0 Å². The minimum Gasteiger partial charge on any atom is -0.465 e. The van der Waals surface area contributed by atoms with Gasteiger partial charge in [0.2, 0.25) is 0 Å². The average Bonchev–Trinajstić information content (AvgIpc) is 3.42. The molecule has 1 spiro atoms. The van der Waals surface area contributed by atoms with Crippen LogP contribution in [0.1, 0.15) is 40.4 Å². The lowest BCUT2D eigenvalue weighted by molar-refractivity contribution is 0.0603. The Morgan fingerprint density at radius 1 is 1.19 bits per heavy atom. The van der Waals surface area contributed by atoms with Crippen molar-refractivity contribution in [3.63, 3.8) is 0 Å². The van der Waals surface area contributed by atoms with E-state index in [1.54, 1.807) is 12.3 Å². The number of halogens is 2. The molecular weight excluding hydrogens is 529 g/mol. The van der Waals surface area contributed by atoms with Gasteiger partial charge >= 0.3 is 5.97 Å². The maximum absolute atomic E-state index is 13.0. The largest absolute Gasteiger partial charge is 0.465 e. The summed E-state index contributed by atoms with van der Waals surface area (Å²) in [5.41, 5.74) is 10.8. The normalized spacial score (nSPS) is 18.4. The molecule has 1 atom stereocenters. The van der Waals surface area contributed by atoms with Crippen LogP contribution >= 0.6 is 35.0 Å². The molecule has 4 aromatic rings. The summed E-state index contributed by atoms with van der Waals surface area (Å²) in [4.78, 5) is 28.6. The summed E-state index contributed by atoms with van der Waals surface area (Å²) in [7, 11) is 1.38. The maximum atomic E-state index is 13.0. The number of piperidine rings is 1. The minimum atomic E-state index is -0.455. The second kappa shape index (κ2) is 9.51. The Labute approximate surface area is 228 Å². The van der Waals surface area contributed by atoms with E-state index in [9.17, 15) is 4.79 Å². The fourth-order valence-corrected chi connectivity index (χ4v) is 6.95. The Hall–Kier alpha value is -2.78. The Morgan fingerprint density at radius 3 is 2.73 bits per heavy atom. The summed E-state index contributed by atoms with van der Waals surface area (Å²) in [6.07, 6.45) is 4.50. The molecule has 2 aliphatic rings. The zero-order valence-electron chi connectivity index (χ0n) is 20.1. The summed E-state index contributed by atoms with van der Waals surface area (Å²) in [6, 6.07) is 13.9. The van der Waals surface area contributed by atoms with Gasteiger partial charge in [-0.25, -0.2) is 14.8 Å². The Morgan fingerprint density at radius 2 is 1.97 bits per heavy atom. The highest BCUT2D eigenvalue weighted by Gasteiger charge is 2.46. The number of nitrogens with one attached hydrogen (secondary N) is 1. The van der Waals surface area contributed by atoms with Crippen LogP contribution in [0.4, 0.5) is 5.82 Å². The zero-order valence-corrected chi connectivity index (χ0v) is 22.5. The summed E-state index contributed by atoms with van der Waals surface area (Å²) in [6.45, 7) is 1.52. The number of rotatable bonds is 4. The monoisotopic (exact) mass is 553 g/mol. The molecule has 10 heteroatoms. The second-order valence-electron chi connectivity index (χ2n) is 9.60. The van der Waals surface area contributed by atoms with Crippen LogP contribution in [0, 0.1) is 5.41 Å². The number of hydrogen-bond donors (Lipinski definition) is 2. The Balaban J connectivity index is 1.30. The number of nitrogens with zero attached hydrogens (tertiary/aromatic N) is 3. The van der Waals surface area contributed by atoms with Crippen molar-refractivity contribution in [2.45, 2.75) is 35.2 Å². The molecule has 1 saturated heterocycles. The second-order valence-corrected chi connectivity index (χ2v) is 11.4. The number of aromatic nitrogens is 3. The molecule has 0 radical (unpaired) electrons. The van der Waals surface area contributed by atoms with E-state index in [0.29, 0.717) is 37.6 Å². The Kier molecular flexibility index (Phi) is 6.31. The Bertz CT molecular complexity index is 1520. The predicted molar refractivity (Wildman–Crippen MR) is 147 cm³/mol. The number of carbonyl (C=O) groups excluding carboxylic acids is 1. The van der Waals surface area contributed by atoms with Crippen molar-refractivity contribution >= 4 is 57.9 Å². The van der Waals surface area contributed by atoms with E-state index < -0.39 is 5.97 Å². The molecule has 37 heavy (non-hydrogen) atoms. The summed E-state index contributed by atoms with van der Waals surface area (Å²) < 4.78 is 5.16. The maximum Gasteiger partial charge on any atom is 0.343 e. The summed E-state index contributed by atoms with van der Waals surface area (Å²) in [5, 5.41) is 1.51. The highest BCUT2D eigenvalue weighted by Crippen LogP contribution is 2.51. The molecule has 0 unspecified atom stereocenters. The standard InChI is InChI=1S/C27H25Cl2N5O2S/c1-36-26(35)20-22-24(31-14-19(32-22)37-18-8-4-7-17(28)21(18)29)33-25(20)34-11-9-27(10-12-34)13-15-5-2-3-6-16(15)23(27)30/h2-8,14,23H,9-13,30H2,1H3,(H,31,33)/t23-/m1/s1. The van der Waals surface area contributed by atoms with Gasteiger partial charge in [0.25, 0.3) is 0 Å². The summed E-state index contributed by atoms with van der Waals surface area (Å²) >= 11 is 13.9. The predicted octanol–water partition coefficient (Wildman–Crippen LogP) is 6.05. The van der Waals surface area contributed by atoms with Crippen molar-refractivity contribution in [2.24, 2.45) is 11.1 Å². The van der Waals surface area contributed by atoms with Crippen LogP contribution in [0.25, 0.3) is 11.2 Å². The van der Waals surface area contributed by atoms with Crippen molar-refractivity contribution in [1.82, 2.24) is 15.0 Å². The van der Waals surface area contributed by atoms with Crippen LogP contribution in [0.15, 0.2) is 58.6 Å². The molecule has 0 saturated carbocycles. The van der Waals surface area contributed by atoms with Crippen molar-refractivity contribution in [3.8, 4) is 0 Å². The van der Waals surface area contributed by atoms with Gasteiger partial charge in [-0.2, -0.15) is 0 Å². The van der Waals surface area contributed by atoms with Gasteiger partial charge in [-0.1, -0.05) is 65.3 Å². The van der Waals surface area contributed by atoms with Gasteiger partial charge in [-0.05, 0) is 47.9 Å². The number of fused-ring (bicyclic) bond motifs is 2. The third-order valence-electron chi connectivity index (χ3n) is 7.65. The number of carbonyl (C=O) groups is 1. The molecule has 0 bridgehead atoms. The number of anilines is 1. The highest BCUT2D eigenvalue weighted by atomic mass is 35.5. The lowest BCUT2D eigenvalue weighted by atomic mass is 9.73. The van der Waals surface area contributed by atoms with Gasteiger partial charge in [0.05, 0.1) is 23.4 Å². The number of aromatic amines is 1. The molecule has 7 nitrogen and oxygen atoms in total. The number of nitrogens with two attached hydrogens (primary N) is 1. The molecule has 190 valence electrons. The van der Waals surface area contributed by atoms with Crippen molar-refractivity contribution in [3.05, 3.63) is 75.4 Å². The first-order valence-electron chi connectivity index (χ1n) is 12.1. The first kappa shape index (κ1) is 24.6. The topological polar surface area (TPSA) is 97.1 Å². The number of benzene rings is 2. The van der Waals surface area contributed by atoms with E-state index in [4.69, 9.17) is 38.7 Å². The number of hydrogen-bond acceptors (Lipinski definition) is 7. The van der Waals surface area contributed by atoms with E-state index >= 15 is 0 Å². The van der Waals surface area contributed by atoms with Crippen molar-refractivity contribution < 1.29 is 9.53 Å². The molecule has 0 amide bonds. The van der Waals surface area contributed by atoms with E-state index in [1.807, 2.05) is 12.1 Å².